The maximum absolute atomic E-state index is 5.23. The molecule has 1 aromatic rings. The van der Waals surface area contributed by atoms with Gasteiger partial charge in [0, 0.05) is 27.2 Å². The van der Waals surface area contributed by atoms with Crippen molar-refractivity contribution in [3.8, 4) is 5.75 Å². The molecule has 0 amide bonds. The van der Waals surface area contributed by atoms with E-state index < -0.39 is 0 Å². The number of guanidine groups is 1. The predicted octanol–water partition coefficient (Wildman–Crippen LogP) is 2.55. The van der Waals surface area contributed by atoms with E-state index in [9.17, 15) is 0 Å². The van der Waals surface area contributed by atoms with E-state index in [4.69, 9.17) is 4.74 Å². The molecule has 4 nitrogen and oxygen atoms in total. The van der Waals surface area contributed by atoms with E-state index in [2.05, 4.69) is 41.3 Å². The van der Waals surface area contributed by atoms with E-state index in [-0.39, 0.29) is 0 Å². The van der Waals surface area contributed by atoms with Crippen molar-refractivity contribution >= 4 is 5.96 Å². The third kappa shape index (κ3) is 5.51. The van der Waals surface area contributed by atoms with Gasteiger partial charge >= 0.3 is 0 Å². The Morgan fingerprint density at radius 1 is 1.40 bits per heavy atom. The van der Waals surface area contributed by atoms with Crippen molar-refractivity contribution in [1.82, 2.24) is 10.2 Å². The number of aliphatic imine (C=N–C) groups is 1. The van der Waals surface area contributed by atoms with E-state index in [0.29, 0.717) is 0 Å². The second-order valence-corrected chi connectivity index (χ2v) is 4.85. The fourth-order valence-corrected chi connectivity index (χ4v) is 2.03. The van der Waals surface area contributed by atoms with Crippen LogP contribution in [0.1, 0.15) is 25.3 Å². The largest absolute Gasteiger partial charge is 0.497 e. The Kier molecular flexibility index (Phi) is 7.55. The van der Waals surface area contributed by atoms with Gasteiger partial charge in [-0.2, -0.15) is 0 Å². The summed E-state index contributed by atoms with van der Waals surface area (Å²) in [7, 11) is 5.61. The molecule has 20 heavy (non-hydrogen) atoms. The van der Waals surface area contributed by atoms with Gasteiger partial charge in [-0.1, -0.05) is 25.5 Å². The highest BCUT2D eigenvalue weighted by molar-refractivity contribution is 5.79. The van der Waals surface area contributed by atoms with Crippen LogP contribution in [0.25, 0.3) is 0 Å². The van der Waals surface area contributed by atoms with Crippen LogP contribution in [0.3, 0.4) is 0 Å². The normalized spacial score (nSPS) is 11.3. The maximum atomic E-state index is 5.23. The molecule has 4 heteroatoms. The average Bonchev–Trinajstić information content (AvgIpc) is 2.49. The molecule has 0 aliphatic carbocycles. The number of ether oxygens (including phenoxy) is 1. The number of hydrogen-bond donors (Lipinski definition) is 1. The minimum Gasteiger partial charge on any atom is -0.497 e. The Bertz CT molecular complexity index is 418. The molecule has 1 N–H and O–H groups in total. The fraction of sp³-hybridized carbons (Fsp3) is 0.562. The molecule has 1 rings (SSSR count). The Hall–Kier alpha value is -1.71. The number of nitrogens with zero attached hydrogens (tertiary/aromatic N) is 2. The first-order chi connectivity index (χ1) is 9.71. The SMILES string of the molecule is CCCCN(C)C(=NC)NCCc1cccc(OC)c1. The molecule has 112 valence electrons. The third-order valence-corrected chi connectivity index (χ3v) is 3.25. The average molecular weight is 277 g/mol. The zero-order chi connectivity index (χ0) is 14.8. The Morgan fingerprint density at radius 3 is 2.85 bits per heavy atom. The first-order valence-corrected chi connectivity index (χ1v) is 7.26. The minimum absolute atomic E-state index is 0.871. The topological polar surface area (TPSA) is 36.9 Å². The minimum atomic E-state index is 0.871. The van der Waals surface area contributed by atoms with Crippen molar-refractivity contribution in [2.45, 2.75) is 26.2 Å². The Morgan fingerprint density at radius 2 is 2.20 bits per heavy atom. The van der Waals surface area contributed by atoms with Gasteiger partial charge in [0.05, 0.1) is 7.11 Å². The molecule has 0 heterocycles. The Labute approximate surface area is 122 Å². The highest BCUT2D eigenvalue weighted by Crippen LogP contribution is 2.12. The zero-order valence-electron chi connectivity index (χ0n) is 13.1. The summed E-state index contributed by atoms with van der Waals surface area (Å²) in [4.78, 5) is 6.49. The molecule has 0 bridgehead atoms. The van der Waals surface area contributed by atoms with Crippen LogP contribution in [-0.2, 0) is 6.42 Å². The summed E-state index contributed by atoms with van der Waals surface area (Å²) < 4.78 is 5.23. The maximum Gasteiger partial charge on any atom is 0.193 e. The summed E-state index contributed by atoms with van der Waals surface area (Å²) in [6.45, 7) is 4.11. The van der Waals surface area contributed by atoms with Gasteiger partial charge in [-0.25, -0.2) is 0 Å². The smallest absolute Gasteiger partial charge is 0.193 e. The van der Waals surface area contributed by atoms with Crippen molar-refractivity contribution in [1.29, 1.82) is 0 Å². The summed E-state index contributed by atoms with van der Waals surface area (Å²) in [5, 5.41) is 3.40. The van der Waals surface area contributed by atoms with Crippen molar-refractivity contribution in [2.24, 2.45) is 4.99 Å². The number of rotatable bonds is 7. The molecule has 0 aromatic heterocycles. The van der Waals surface area contributed by atoms with Gasteiger partial charge in [0.25, 0.3) is 0 Å². The lowest BCUT2D eigenvalue weighted by atomic mass is 10.1. The Balaban J connectivity index is 2.41. The van der Waals surface area contributed by atoms with Gasteiger partial charge in [0.2, 0.25) is 0 Å². The highest BCUT2D eigenvalue weighted by Gasteiger charge is 2.04. The molecule has 0 saturated carbocycles. The van der Waals surface area contributed by atoms with Crippen LogP contribution in [0.4, 0.5) is 0 Å². The van der Waals surface area contributed by atoms with Gasteiger partial charge in [0.15, 0.2) is 5.96 Å². The van der Waals surface area contributed by atoms with Crippen LogP contribution in [-0.4, -0.2) is 45.2 Å². The van der Waals surface area contributed by atoms with Gasteiger partial charge in [-0.3, -0.25) is 4.99 Å². The quantitative estimate of drug-likeness (QED) is 0.615. The standard InChI is InChI=1S/C16H27N3O/c1-5-6-12-19(3)16(17-2)18-11-10-14-8-7-9-15(13-14)20-4/h7-9,13H,5-6,10-12H2,1-4H3,(H,17,18). The van der Waals surface area contributed by atoms with Crippen molar-refractivity contribution in [3.05, 3.63) is 29.8 Å². The van der Waals surface area contributed by atoms with Crippen LogP contribution in [0.5, 0.6) is 5.75 Å². The van der Waals surface area contributed by atoms with Gasteiger partial charge < -0.3 is 15.0 Å². The van der Waals surface area contributed by atoms with E-state index >= 15 is 0 Å². The fourth-order valence-electron chi connectivity index (χ4n) is 2.03. The first-order valence-electron chi connectivity index (χ1n) is 7.26. The molecule has 0 radical (unpaired) electrons. The molecule has 0 aliphatic rings. The van der Waals surface area contributed by atoms with Gasteiger partial charge in [0.1, 0.15) is 5.75 Å². The second-order valence-electron chi connectivity index (χ2n) is 4.85. The summed E-state index contributed by atoms with van der Waals surface area (Å²) in [6.07, 6.45) is 3.34. The summed E-state index contributed by atoms with van der Waals surface area (Å²) in [5.74, 6) is 1.87. The molecule has 0 spiro atoms. The van der Waals surface area contributed by atoms with E-state index in [1.54, 1.807) is 7.11 Å². The summed E-state index contributed by atoms with van der Waals surface area (Å²) in [5.41, 5.74) is 1.27. The van der Waals surface area contributed by atoms with Crippen molar-refractivity contribution in [2.75, 3.05) is 34.3 Å². The lowest BCUT2D eigenvalue weighted by Gasteiger charge is -2.21. The number of methoxy groups -OCH3 is 1. The van der Waals surface area contributed by atoms with Crippen LogP contribution in [0, 0.1) is 0 Å². The van der Waals surface area contributed by atoms with Crippen molar-refractivity contribution < 1.29 is 4.74 Å². The molecule has 0 unspecified atom stereocenters. The van der Waals surface area contributed by atoms with Crippen LogP contribution >= 0.6 is 0 Å². The van der Waals surface area contributed by atoms with Gasteiger partial charge in [-0.05, 0) is 30.5 Å². The molecule has 1 aromatic carbocycles. The van der Waals surface area contributed by atoms with Crippen LogP contribution in [0.2, 0.25) is 0 Å². The molecular weight excluding hydrogens is 250 g/mol. The molecule has 0 saturated heterocycles. The second kappa shape index (κ2) is 9.23. The first kappa shape index (κ1) is 16.3. The number of hydrogen-bond acceptors (Lipinski definition) is 2. The van der Waals surface area contributed by atoms with E-state index in [0.717, 1.165) is 31.2 Å². The number of benzene rings is 1. The molecule has 0 aliphatic heterocycles. The van der Waals surface area contributed by atoms with E-state index in [1.807, 2.05) is 19.2 Å². The van der Waals surface area contributed by atoms with Crippen molar-refractivity contribution in [3.63, 3.8) is 0 Å². The molecule has 0 atom stereocenters. The van der Waals surface area contributed by atoms with E-state index in [1.165, 1.54) is 18.4 Å². The summed E-state index contributed by atoms with van der Waals surface area (Å²) in [6, 6.07) is 8.18. The van der Waals surface area contributed by atoms with Gasteiger partial charge in [-0.15, -0.1) is 0 Å². The van der Waals surface area contributed by atoms with Crippen LogP contribution in [0.15, 0.2) is 29.3 Å². The zero-order valence-corrected chi connectivity index (χ0v) is 13.1. The predicted molar refractivity (Wildman–Crippen MR) is 85.6 cm³/mol. The highest BCUT2D eigenvalue weighted by atomic mass is 16.5. The lowest BCUT2D eigenvalue weighted by Crippen LogP contribution is -2.40. The lowest BCUT2D eigenvalue weighted by molar-refractivity contribution is 0.414. The van der Waals surface area contributed by atoms with Crippen LogP contribution < -0.4 is 10.1 Å². The molecule has 0 fully saturated rings. The number of unbranched alkanes of at least 4 members (excludes halogenated alkanes) is 1. The third-order valence-electron chi connectivity index (χ3n) is 3.25. The number of nitrogens with one attached hydrogen (secondary N) is 1. The molecular formula is C16H27N3O. The summed E-state index contributed by atoms with van der Waals surface area (Å²) >= 11 is 0. The monoisotopic (exact) mass is 277 g/mol.